The summed E-state index contributed by atoms with van der Waals surface area (Å²) in [6.45, 7) is 15.7. The van der Waals surface area contributed by atoms with Crippen LogP contribution in [-0.4, -0.2) is 73.9 Å². The number of morpholine rings is 1. The molecule has 100 valence electrons. The molecule has 4 heteroatoms. The molecule has 2 rings (SSSR count). The van der Waals surface area contributed by atoms with E-state index in [9.17, 15) is 0 Å². The Morgan fingerprint density at radius 1 is 1.24 bits per heavy atom. The van der Waals surface area contributed by atoms with Gasteiger partial charge in [0.1, 0.15) is 0 Å². The Labute approximate surface area is 105 Å². The molecule has 0 radical (unpaired) electrons. The van der Waals surface area contributed by atoms with E-state index < -0.39 is 0 Å². The van der Waals surface area contributed by atoms with Crippen LogP contribution >= 0.6 is 0 Å². The molecule has 0 aromatic heterocycles. The molecule has 2 fully saturated rings. The lowest BCUT2D eigenvalue weighted by Crippen LogP contribution is -2.59. The number of piperazine rings is 1. The fourth-order valence-corrected chi connectivity index (χ4v) is 2.95. The zero-order chi connectivity index (χ0) is 12.3. The van der Waals surface area contributed by atoms with Gasteiger partial charge in [-0.1, -0.05) is 0 Å². The maximum Gasteiger partial charge on any atom is 0.0674 e. The summed E-state index contributed by atoms with van der Waals surface area (Å²) >= 11 is 0. The van der Waals surface area contributed by atoms with Crippen molar-refractivity contribution < 1.29 is 4.74 Å². The first-order valence-electron chi connectivity index (χ1n) is 6.88. The molecule has 0 spiro atoms. The van der Waals surface area contributed by atoms with E-state index in [1.165, 1.54) is 13.1 Å². The van der Waals surface area contributed by atoms with E-state index >= 15 is 0 Å². The average Bonchev–Trinajstić information content (AvgIpc) is 2.29. The molecule has 0 saturated carbocycles. The lowest BCUT2D eigenvalue weighted by Gasteiger charge is -2.45. The van der Waals surface area contributed by atoms with Gasteiger partial charge >= 0.3 is 0 Å². The predicted octanol–water partition coefficient (Wildman–Crippen LogP) is 0.391. The molecule has 0 aromatic rings. The van der Waals surface area contributed by atoms with Crippen molar-refractivity contribution in [2.24, 2.45) is 0 Å². The minimum atomic E-state index is 0.277. The third-order valence-electron chi connectivity index (χ3n) is 3.91. The normalized spacial score (nSPS) is 29.5. The van der Waals surface area contributed by atoms with E-state index in [-0.39, 0.29) is 5.54 Å². The highest BCUT2D eigenvalue weighted by atomic mass is 16.5. The molecule has 17 heavy (non-hydrogen) atoms. The largest absolute Gasteiger partial charge is 0.376 e. The third kappa shape index (κ3) is 3.65. The minimum Gasteiger partial charge on any atom is -0.376 e. The van der Waals surface area contributed by atoms with Crippen molar-refractivity contribution in [3.8, 4) is 0 Å². The minimum absolute atomic E-state index is 0.277. The highest BCUT2D eigenvalue weighted by Crippen LogP contribution is 2.18. The SMILES string of the molecule is CC1CN(CC(C)(C)N2CCNCC2)CCO1. The first kappa shape index (κ1) is 13.3. The molecule has 4 nitrogen and oxygen atoms in total. The van der Waals surface area contributed by atoms with Crippen LogP contribution in [0.25, 0.3) is 0 Å². The second-order valence-electron chi connectivity index (χ2n) is 5.97. The van der Waals surface area contributed by atoms with Gasteiger partial charge < -0.3 is 10.1 Å². The standard InChI is InChI=1S/C13H27N3O/c1-12-10-15(8-9-17-12)11-13(2,3)16-6-4-14-5-7-16/h12,14H,4-11H2,1-3H3. The van der Waals surface area contributed by atoms with E-state index in [4.69, 9.17) is 4.74 Å². The molecule has 0 bridgehead atoms. The molecule has 2 saturated heterocycles. The number of rotatable bonds is 3. The number of hydrogen-bond donors (Lipinski definition) is 1. The summed E-state index contributed by atoms with van der Waals surface area (Å²) in [6, 6.07) is 0. The summed E-state index contributed by atoms with van der Waals surface area (Å²) in [4.78, 5) is 5.17. The molecular weight excluding hydrogens is 214 g/mol. The summed E-state index contributed by atoms with van der Waals surface area (Å²) in [5.41, 5.74) is 0.277. The Morgan fingerprint density at radius 2 is 1.94 bits per heavy atom. The average molecular weight is 241 g/mol. The highest BCUT2D eigenvalue weighted by molar-refractivity contribution is 4.88. The molecule has 1 unspecified atom stereocenters. The molecule has 0 aliphatic carbocycles. The van der Waals surface area contributed by atoms with Crippen LogP contribution in [0.4, 0.5) is 0 Å². The van der Waals surface area contributed by atoms with Crippen molar-refractivity contribution in [3.63, 3.8) is 0 Å². The summed E-state index contributed by atoms with van der Waals surface area (Å²) in [6.07, 6.45) is 0.391. The summed E-state index contributed by atoms with van der Waals surface area (Å²) < 4.78 is 5.60. The van der Waals surface area contributed by atoms with Gasteiger partial charge in [0.05, 0.1) is 12.7 Å². The van der Waals surface area contributed by atoms with Gasteiger partial charge in [-0.25, -0.2) is 0 Å². The number of hydrogen-bond acceptors (Lipinski definition) is 4. The molecule has 2 aliphatic rings. The Morgan fingerprint density at radius 3 is 2.59 bits per heavy atom. The summed E-state index contributed by atoms with van der Waals surface area (Å²) in [5, 5.41) is 3.42. The Hall–Kier alpha value is -0.160. The van der Waals surface area contributed by atoms with E-state index in [2.05, 4.69) is 35.9 Å². The van der Waals surface area contributed by atoms with Gasteiger partial charge in [-0.3, -0.25) is 9.80 Å². The maximum absolute atomic E-state index is 5.60. The van der Waals surface area contributed by atoms with Gasteiger partial charge in [-0.05, 0) is 20.8 Å². The Bertz CT molecular complexity index is 239. The van der Waals surface area contributed by atoms with Gasteiger partial charge in [-0.2, -0.15) is 0 Å². The van der Waals surface area contributed by atoms with Gasteiger partial charge in [0.2, 0.25) is 0 Å². The van der Waals surface area contributed by atoms with Crippen LogP contribution in [0.2, 0.25) is 0 Å². The van der Waals surface area contributed by atoms with Crippen LogP contribution in [0, 0.1) is 0 Å². The van der Waals surface area contributed by atoms with Gasteiger partial charge in [0.15, 0.2) is 0 Å². The van der Waals surface area contributed by atoms with Crippen molar-refractivity contribution in [1.82, 2.24) is 15.1 Å². The topological polar surface area (TPSA) is 27.7 Å². The second kappa shape index (κ2) is 5.65. The fourth-order valence-electron chi connectivity index (χ4n) is 2.95. The fraction of sp³-hybridized carbons (Fsp3) is 1.00. The van der Waals surface area contributed by atoms with Gasteiger partial charge in [0, 0.05) is 51.4 Å². The molecule has 2 heterocycles. The van der Waals surface area contributed by atoms with Crippen LogP contribution < -0.4 is 5.32 Å². The van der Waals surface area contributed by atoms with E-state index in [1.807, 2.05) is 0 Å². The van der Waals surface area contributed by atoms with Crippen molar-refractivity contribution in [2.75, 3.05) is 52.4 Å². The molecule has 0 amide bonds. The van der Waals surface area contributed by atoms with Gasteiger partial charge in [0.25, 0.3) is 0 Å². The molecule has 1 N–H and O–H groups in total. The smallest absolute Gasteiger partial charge is 0.0674 e. The third-order valence-corrected chi connectivity index (χ3v) is 3.91. The number of ether oxygens (including phenoxy) is 1. The number of nitrogens with zero attached hydrogens (tertiary/aromatic N) is 2. The molecule has 0 aromatic carbocycles. The lowest BCUT2D eigenvalue weighted by atomic mass is 10.0. The first-order chi connectivity index (χ1) is 8.08. The van der Waals surface area contributed by atoms with Crippen molar-refractivity contribution in [3.05, 3.63) is 0 Å². The second-order valence-corrected chi connectivity index (χ2v) is 5.97. The van der Waals surface area contributed by atoms with Crippen LogP contribution in [0.3, 0.4) is 0 Å². The van der Waals surface area contributed by atoms with Crippen LogP contribution in [0.5, 0.6) is 0 Å². The van der Waals surface area contributed by atoms with Crippen molar-refractivity contribution in [2.45, 2.75) is 32.4 Å². The summed E-state index contributed by atoms with van der Waals surface area (Å²) in [7, 11) is 0. The quantitative estimate of drug-likeness (QED) is 0.774. The molecular formula is C13H27N3O. The van der Waals surface area contributed by atoms with Crippen LogP contribution in [0.1, 0.15) is 20.8 Å². The monoisotopic (exact) mass is 241 g/mol. The Balaban J connectivity index is 1.86. The predicted molar refractivity (Wildman–Crippen MR) is 70.4 cm³/mol. The van der Waals surface area contributed by atoms with Crippen molar-refractivity contribution in [1.29, 1.82) is 0 Å². The van der Waals surface area contributed by atoms with Crippen LogP contribution in [0.15, 0.2) is 0 Å². The molecule has 1 atom stereocenters. The zero-order valence-corrected chi connectivity index (χ0v) is 11.5. The van der Waals surface area contributed by atoms with Crippen LogP contribution in [-0.2, 0) is 4.74 Å². The Kier molecular flexibility index (Phi) is 4.42. The number of nitrogens with one attached hydrogen (secondary N) is 1. The highest BCUT2D eigenvalue weighted by Gasteiger charge is 2.31. The van der Waals surface area contributed by atoms with E-state index in [0.717, 1.165) is 39.3 Å². The first-order valence-corrected chi connectivity index (χ1v) is 6.88. The van der Waals surface area contributed by atoms with E-state index in [1.54, 1.807) is 0 Å². The van der Waals surface area contributed by atoms with E-state index in [0.29, 0.717) is 6.10 Å². The zero-order valence-electron chi connectivity index (χ0n) is 11.5. The maximum atomic E-state index is 5.60. The molecule has 2 aliphatic heterocycles. The van der Waals surface area contributed by atoms with Crippen molar-refractivity contribution >= 4 is 0 Å². The summed E-state index contributed by atoms with van der Waals surface area (Å²) in [5.74, 6) is 0. The van der Waals surface area contributed by atoms with Gasteiger partial charge in [-0.15, -0.1) is 0 Å². The lowest BCUT2D eigenvalue weighted by molar-refractivity contribution is -0.0383.